The van der Waals surface area contributed by atoms with Crippen LogP contribution in [-0.2, 0) is 19.6 Å². The second-order valence-corrected chi connectivity index (χ2v) is 7.50. The van der Waals surface area contributed by atoms with Crippen LogP contribution in [0.2, 0.25) is 0 Å². The third-order valence-corrected chi connectivity index (χ3v) is 4.57. The summed E-state index contributed by atoms with van der Waals surface area (Å²) in [5, 5.41) is 13.6. The van der Waals surface area contributed by atoms with Crippen molar-refractivity contribution < 1.29 is 22.7 Å². The molecular weight excluding hydrogens is 385 g/mol. The van der Waals surface area contributed by atoms with E-state index in [2.05, 4.69) is 18.9 Å². The summed E-state index contributed by atoms with van der Waals surface area (Å²) in [5.41, 5.74) is 1.77. The number of aromatic nitrogens is 2. The van der Waals surface area contributed by atoms with Gasteiger partial charge in [-0.05, 0) is 31.0 Å². The highest BCUT2D eigenvalue weighted by molar-refractivity contribution is 5.97. The molecule has 0 radical (unpaired) electrons. The van der Waals surface area contributed by atoms with Gasteiger partial charge in [0.25, 0.3) is 5.91 Å². The minimum atomic E-state index is -4.57. The third kappa shape index (κ3) is 4.53. The lowest BCUT2D eigenvalue weighted by atomic mass is 10.1. The molecule has 9 heteroatoms. The summed E-state index contributed by atoms with van der Waals surface area (Å²) in [5.74, 6) is -0.273. The average Bonchev–Trinajstić information content (AvgIpc) is 3.18. The quantitative estimate of drug-likeness (QED) is 0.755. The van der Waals surface area contributed by atoms with Gasteiger partial charge in [-0.2, -0.15) is 23.5 Å². The molecular formula is C20H21F3N4O2. The zero-order chi connectivity index (χ0) is 21.3. The van der Waals surface area contributed by atoms with Crippen molar-refractivity contribution in [2.24, 2.45) is 5.92 Å². The van der Waals surface area contributed by atoms with Gasteiger partial charge in [0, 0.05) is 24.8 Å². The fourth-order valence-corrected chi connectivity index (χ4v) is 3.12. The monoisotopic (exact) mass is 406 g/mol. The summed E-state index contributed by atoms with van der Waals surface area (Å²) >= 11 is 0. The van der Waals surface area contributed by atoms with E-state index in [0.717, 1.165) is 24.7 Å². The zero-order valence-electron chi connectivity index (χ0n) is 16.3. The van der Waals surface area contributed by atoms with Gasteiger partial charge < -0.3 is 9.64 Å². The van der Waals surface area contributed by atoms with Crippen LogP contribution in [0.5, 0.6) is 5.75 Å². The lowest BCUT2D eigenvalue weighted by Crippen LogP contribution is -2.32. The Morgan fingerprint density at radius 2 is 2.03 bits per heavy atom. The Labute approximate surface area is 166 Å². The molecule has 154 valence electrons. The van der Waals surface area contributed by atoms with Crippen molar-refractivity contribution in [3.63, 3.8) is 0 Å². The van der Waals surface area contributed by atoms with Crippen LogP contribution < -0.4 is 4.74 Å². The predicted octanol–water partition coefficient (Wildman–Crippen LogP) is 3.90. The van der Waals surface area contributed by atoms with E-state index in [4.69, 9.17) is 10.00 Å². The van der Waals surface area contributed by atoms with Crippen molar-refractivity contribution >= 4 is 5.91 Å². The highest BCUT2D eigenvalue weighted by Crippen LogP contribution is 2.31. The highest BCUT2D eigenvalue weighted by Gasteiger charge is 2.39. The van der Waals surface area contributed by atoms with E-state index in [0.29, 0.717) is 12.5 Å². The van der Waals surface area contributed by atoms with E-state index in [1.54, 1.807) is 0 Å². The lowest BCUT2D eigenvalue weighted by Gasteiger charge is -2.22. The zero-order valence-corrected chi connectivity index (χ0v) is 16.3. The molecule has 0 spiro atoms. The number of rotatable bonds is 5. The van der Waals surface area contributed by atoms with Crippen molar-refractivity contribution in [1.82, 2.24) is 14.7 Å². The average molecular weight is 406 g/mol. The molecule has 0 unspecified atom stereocenters. The summed E-state index contributed by atoms with van der Waals surface area (Å²) in [6, 6.07) is 5.71. The van der Waals surface area contributed by atoms with Gasteiger partial charge in [0.15, 0.2) is 6.10 Å². The molecule has 0 N–H and O–H groups in total. The number of hydrogen-bond donors (Lipinski definition) is 0. The fraction of sp³-hybridized carbons (Fsp3) is 0.450. The van der Waals surface area contributed by atoms with Crippen molar-refractivity contribution in [3.8, 4) is 11.8 Å². The third-order valence-electron chi connectivity index (χ3n) is 4.57. The Morgan fingerprint density at radius 1 is 1.31 bits per heavy atom. The van der Waals surface area contributed by atoms with Crippen molar-refractivity contribution in [2.75, 3.05) is 0 Å². The van der Waals surface area contributed by atoms with E-state index in [1.807, 2.05) is 16.9 Å². The van der Waals surface area contributed by atoms with Gasteiger partial charge in [-0.15, -0.1) is 0 Å². The largest absolute Gasteiger partial charge is 0.480 e. The normalized spacial score (nSPS) is 14.6. The number of alkyl halides is 3. The first-order valence-electron chi connectivity index (χ1n) is 9.20. The standard InChI is InChI=1S/C20H21F3N4O2/c1-12(2)8-27-10-15-9-26(11-17(15)25-27)19(28)16-6-14(7-24)4-5-18(16)29-13(3)20(21,22)23/h4-6,10,12-13H,8-9,11H2,1-3H3/t13-/m0/s1. The molecule has 1 atom stereocenters. The number of fused-ring (bicyclic) bond motifs is 1. The van der Waals surface area contributed by atoms with Crippen LogP contribution in [-0.4, -0.2) is 32.9 Å². The van der Waals surface area contributed by atoms with Crippen LogP contribution in [0.3, 0.4) is 0 Å². The minimum absolute atomic E-state index is 0.0691. The lowest BCUT2D eigenvalue weighted by molar-refractivity contribution is -0.189. The van der Waals surface area contributed by atoms with Crippen LogP contribution in [0.4, 0.5) is 13.2 Å². The van der Waals surface area contributed by atoms with Crippen LogP contribution in [0.15, 0.2) is 24.4 Å². The van der Waals surface area contributed by atoms with Gasteiger partial charge in [-0.1, -0.05) is 13.8 Å². The molecule has 1 amide bonds. The van der Waals surface area contributed by atoms with Gasteiger partial charge in [-0.25, -0.2) is 0 Å². The number of amides is 1. The molecule has 0 saturated carbocycles. The molecule has 1 aliphatic heterocycles. The summed E-state index contributed by atoms with van der Waals surface area (Å²) in [6.07, 6.45) is -4.77. The molecule has 29 heavy (non-hydrogen) atoms. The minimum Gasteiger partial charge on any atom is -0.480 e. The molecule has 0 saturated heterocycles. The smallest absolute Gasteiger partial charge is 0.425 e. The summed E-state index contributed by atoms with van der Waals surface area (Å²) < 4.78 is 45.5. The van der Waals surface area contributed by atoms with Crippen molar-refractivity contribution in [2.45, 2.75) is 52.7 Å². The number of nitriles is 1. The van der Waals surface area contributed by atoms with E-state index >= 15 is 0 Å². The molecule has 1 aliphatic rings. The predicted molar refractivity (Wildman–Crippen MR) is 97.9 cm³/mol. The topological polar surface area (TPSA) is 71.2 Å². The second-order valence-electron chi connectivity index (χ2n) is 7.50. The maximum atomic E-state index is 13.0. The number of benzene rings is 1. The molecule has 0 aliphatic carbocycles. The molecule has 2 aromatic rings. The maximum absolute atomic E-state index is 13.0. The first-order chi connectivity index (χ1) is 13.6. The van der Waals surface area contributed by atoms with Gasteiger partial charge in [0.2, 0.25) is 0 Å². The highest BCUT2D eigenvalue weighted by atomic mass is 19.4. The SMILES string of the molecule is CC(C)Cn1cc2c(n1)CN(C(=O)c1cc(C#N)ccc1O[C@@H](C)C(F)(F)F)C2. The second kappa shape index (κ2) is 7.78. The summed E-state index contributed by atoms with van der Waals surface area (Å²) in [6.45, 7) is 6.35. The summed E-state index contributed by atoms with van der Waals surface area (Å²) in [7, 11) is 0. The Bertz CT molecular complexity index is 936. The van der Waals surface area contributed by atoms with Crippen LogP contribution in [0, 0.1) is 17.2 Å². The molecule has 6 nitrogen and oxygen atoms in total. The van der Waals surface area contributed by atoms with Crippen LogP contribution in [0.25, 0.3) is 0 Å². The fourth-order valence-electron chi connectivity index (χ4n) is 3.12. The van der Waals surface area contributed by atoms with E-state index in [1.165, 1.54) is 23.1 Å². The van der Waals surface area contributed by atoms with Gasteiger partial charge >= 0.3 is 6.18 Å². The number of hydrogen-bond acceptors (Lipinski definition) is 4. The number of ether oxygens (including phenoxy) is 1. The van der Waals surface area contributed by atoms with Crippen LogP contribution in [0.1, 0.15) is 48.0 Å². The molecule has 1 aromatic heterocycles. The van der Waals surface area contributed by atoms with E-state index < -0.39 is 18.2 Å². The molecule has 2 heterocycles. The summed E-state index contributed by atoms with van der Waals surface area (Å²) in [4.78, 5) is 14.5. The maximum Gasteiger partial charge on any atom is 0.425 e. The van der Waals surface area contributed by atoms with Gasteiger partial charge in [0.1, 0.15) is 5.75 Å². The Kier molecular flexibility index (Phi) is 5.55. The molecule has 3 rings (SSSR count). The first-order valence-corrected chi connectivity index (χ1v) is 9.20. The Balaban J connectivity index is 1.83. The number of nitrogens with zero attached hydrogens (tertiary/aromatic N) is 4. The first kappa shape index (κ1) is 20.7. The van der Waals surface area contributed by atoms with Gasteiger partial charge in [0.05, 0.1) is 29.4 Å². The van der Waals surface area contributed by atoms with Gasteiger partial charge in [-0.3, -0.25) is 9.48 Å². The van der Waals surface area contributed by atoms with E-state index in [9.17, 15) is 18.0 Å². The van der Waals surface area contributed by atoms with Crippen molar-refractivity contribution in [3.05, 3.63) is 46.8 Å². The van der Waals surface area contributed by atoms with Crippen LogP contribution >= 0.6 is 0 Å². The molecule has 0 bridgehead atoms. The number of carbonyl (C=O) groups is 1. The Morgan fingerprint density at radius 3 is 2.62 bits per heavy atom. The molecule has 0 fully saturated rings. The Hall–Kier alpha value is -3.02. The molecule has 1 aromatic carbocycles. The van der Waals surface area contributed by atoms with Crippen molar-refractivity contribution in [1.29, 1.82) is 5.26 Å². The van der Waals surface area contributed by atoms with E-state index in [-0.39, 0.29) is 23.4 Å². The number of halogens is 3. The number of carbonyl (C=O) groups excluding carboxylic acids is 1.